The second-order valence-electron chi connectivity index (χ2n) is 2.40. The Balaban J connectivity index is 3.34. The van der Waals surface area contributed by atoms with Crippen molar-refractivity contribution in [1.82, 2.24) is 9.78 Å². The third-order valence-corrected chi connectivity index (χ3v) is 2.03. The topological polar surface area (TPSA) is 33.1 Å². The van der Waals surface area contributed by atoms with Gasteiger partial charge in [0.15, 0.2) is 0 Å². The van der Waals surface area contributed by atoms with Crippen molar-refractivity contribution < 1.29 is 0 Å². The van der Waals surface area contributed by atoms with Crippen LogP contribution in [-0.4, -0.2) is 23.0 Å². The van der Waals surface area contributed by atoms with Crippen molar-refractivity contribution in [2.24, 2.45) is 12.0 Å². The van der Waals surface area contributed by atoms with Gasteiger partial charge in [0.1, 0.15) is 4.64 Å². The molecule has 0 aliphatic carbocycles. The average molecular weight is 169 g/mol. The van der Waals surface area contributed by atoms with Crippen LogP contribution < -0.4 is 0 Å². The van der Waals surface area contributed by atoms with Crippen LogP contribution >= 0.6 is 12.2 Å². The van der Waals surface area contributed by atoms with Crippen LogP contribution in [-0.2, 0) is 7.05 Å². The molecule has 0 saturated carbocycles. The lowest BCUT2D eigenvalue weighted by molar-refractivity contribution is 0.747. The second kappa shape index (κ2) is 3.00. The first-order valence-corrected chi connectivity index (χ1v) is 3.75. The highest BCUT2D eigenvalue weighted by atomic mass is 32.1. The third kappa shape index (κ3) is 1.40. The standard InChI is InChI=1S/C7H11N3S/c1-5-6(4-8-2)7(11)10(3)9-5/h4,9H,1-3H3. The number of hydrogen-bond acceptors (Lipinski definition) is 2. The minimum Gasteiger partial charge on any atom is -0.301 e. The molecule has 1 N–H and O–H groups in total. The van der Waals surface area contributed by atoms with Crippen molar-refractivity contribution in [3.63, 3.8) is 0 Å². The zero-order valence-electron chi connectivity index (χ0n) is 6.88. The van der Waals surface area contributed by atoms with Gasteiger partial charge in [0.05, 0.1) is 0 Å². The number of aliphatic imine (C=N–C) groups is 1. The Kier molecular flexibility index (Phi) is 2.24. The highest BCUT2D eigenvalue weighted by Gasteiger charge is 2.00. The molecule has 1 rings (SSSR count). The van der Waals surface area contributed by atoms with Crippen LogP contribution in [0.1, 0.15) is 11.3 Å². The summed E-state index contributed by atoms with van der Waals surface area (Å²) in [7, 11) is 3.63. The molecule has 60 valence electrons. The van der Waals surface area contributed by atoms with E-state index in [-0.39, 0.29) is 0 Å². The summed E-state index contributed by atoms with van der Waals surface area (Å²) in [4.78, 5) is 3.92. The van der Waals surface area contributed by atoms with Crippen LogP contribution in [0.3, 0.4) is 0 Å². The summed E-state index contributed by atoms with van der Waals surface area (Å²) < 4.78 is 2.61. The maximum Gasteiger partial charge on any atom is 0.130 e. The number of H-pyrrole nitrogens is 1. The van der Waals surface area contributed by atoms with Crippen molar-refractivity contribution in [2.75, 3.05) is 7.05 Å². The molecule has 0 aromatic carbocycles. The van der Waals surface area contributed by atoms with Crippen LogP contribution in [0.15, 0.2) is 4.99 Å². The maximum absolute atomic E-state index is 5.12. The Labute approximate surface area is 70.8 Å². The summed E-state index contributed by atoms with van der Waals surface area (Å²) in [6, 6.07) is 0. The molecule has 0 unspecified atom stereocenters. The fourth-order valence-corrected chi connectivity index (χ4v) is 1.24. The zero-order valence-corrected chi connectivity index (χ0v) is 7.70. The Hall–Kier alpha value is -0.900. The van der Waals surface area contributed by atoms with E-state index in [9.17, 15) is 0 Å². The Morgan fingerprint density at radius 3 is 2.64 bits per heavy atom. The van der Waals surface area contributed by atoms with Crippen LogP contribution in [0, 0.1) is 11.6 Å². The average Bonchev–Trinajstić information content (AvgIpc) is 2.17. The molecule has 0 fully saturated rings. The van der Waals surface area contributed by atoms with Crippen LogP contribution in [0.5, 0.6) is 0 Å². The normalized spacial score (nSPS) is 11.2. The van der Waals surface area contributed by atoms with Gasteiger partial charge < -0.3 is 5.10 Å². The summed E-state index contributed by atoms with van der Waals surface area (Å²) in [6.45, 7) is 1.98. The zero-order chi connectivity index (χ0) is 8.43. The fourth-order valence-electron chi connectivity index (χ4n) is 0.985. The molecule has 1 aromatic heterocycles. The van der Waals surface area contributed by atoms with E-state index < -0.39 is 0 Å². The highest BCUT2D eigenvalue weighted by molar-refractivity contribution is 7.71. The molecule has 1 heterocycles. The minimum atomic E-state index is 0.799. The second-order valence-corrected chi connectivity index (χ2v) is 2.79. The van der Waals surface area contributed by atoms with Gasteiger partial charge >= 0.3 is 0 Å². The van der Waals surface area contributed by atoms with Crippen molar-refractivity contribution >= 4 is 18.4 Å². The predicted molar refractivity (Wildman–Crippen MR) is 48.9 cm³/mol. The van der Waals surface area contributed by atoms with E-state index >= 15 is 0 Å². The molecule has 11 heavy (non-hydrogen) atoms. The quantitative estimate of drug-likeness (QED) is 0.501. The molecule has 0 atom stereocenters. The molecule has 3 nitrogen and oxygen atoms in total. The Morgan fingerprint density at radius 2 is 2.27 bits per heavy atom. The van der Waals surface area contributed by atoms with Crippen molar-refractivity contribution in [1.29, 1.82) is 0 Å². The van der Waals surface area contributed by atoms with E-state index in [0.29, 0.717) is 0 Å². The lowest BCUT2D eigenvalue weighted by Gasteiger charge is -1.84. The summed E-state index contributed by atoms with van der Waals surface area (Å²) in [5, 5.41) is 3.08. The Bertz CT molecular complexity index is 332. The number of aromatic amines is 1. The third-order valence-electron chi connectivity index (χ3n) is 1.53. The number of aromatic nitrogens is 2. The van der Waals surface area contributed by atoms with E-state index in [1.165, 1.54) is 0 Å². The van der Waals surface area contributed by atoms with Crippen LogP contribution in [0.2, 0.25) is 0 Å². The number of aryl methyl sites for hydroxylation is 2. The van der Waals surface area contributed by atoms with Gasteiger partial charge in [-0.1, -0.05) is 12.2 Å². The van der Waals surface area contributed by atoms with Gasteiger partial charge in [-0.15, -0.1) is 0 Å². The van der Waals surface area contributed by atoms with E-state index in [1.54, 1.807) is 13.3 Å². The van der Waals surface area contributed by atoms with Crippen molar-refractivity contribution in [2.45, 2.75) is 6.92 Å². The van der Waals surface area contributed by atoms with Gasteiger partial charge in [-0.3, -0.25) is 9.67 Å². The van der Waals surface area contributed by atoms with Gasteiger partial charge in [0.25, 0.3) is 0 Å². The molecule has 4 heteroatoms. The number of hydrogen-bond donors (Lipinski definition) is 1. The largest absolute Gasteiger partial charge is 0.301 e. The molecule has 0 bridgehead atoms. The number of rotatable bonds is 1. The van der Waals surface area contributed by atoms with Gasteiger partial charge in [-0.2, -0.15) is 0 Å². The lowest BCUT2D eigenvalue weighted by Crippen LogP contribution is -1.88. The lowest BCUT2D eigenvalue weighted by atomic mass is 10.3. The van der Waals surface area contributed by atoms with Crippen molar-refractivity contribution in [3.8, 4) is 0 Å². The monoisotopic (exact) mass is 169 g/mol. The summed E-state index contributed by atoms with van der Waals surface area (Å²) >= 11 is 5.12. The first-order chi connectivity index (χ1) is 5.16. The molecule has 0 aliphatic rings. The van der Waals surface area contributed by atoms with E-state index in [2.05, 4.69) is 10.1 Å². The molecule has 0 spiro atoms. The van der Waals surface area contributed by atoms with Gasteiger partial charge in [0, 0.05) is 31.6 Å². The van der Waals surface area contributed by atoms with Gasteiger partial charge in [-0.25, -0.2) is 0 Å². The summed E-state index contributed by atoms with van der Waals surface area (Å²) in [5.74, 6) is 0. The first-order valence-electron chi connectivity index (χ1n) is 3.34. The number of nitrogens with one attached hydrogen (secondary N) is 1. The van der Waals surface area contributed by atoms with Gasteiger partial charge in [0.2, 0.25) is 0 Å². The smallest absolute Gasteiger partial charge is 0.130 e. The van der Waals surface area contributed by atoms with E-state index in [4.69, 9.17) is 12.2 Å². The molecule has 0 amide bonds. The maximum atomic E-state index is 5.12. The van der Waals surface area contributed by atoms with Gasteiger partial charge in [-0.05, 0) is 6.92 Å². The predicted octanol–water partition coefficient (Wildman–Crippen LogP) is 1.44. The summed E-state index contributed by atoms with van der Waals surface area (Å²) in [5.41, 5.74) is 2.06. The molecular weight excluding hydrogens is 158 g/mol. The Morgan fingerprint density at radius 1 is 1.64 bits per heavy atom. The molecule has 1 aromatic rings. The van der Waals surface area contributed by atoms with Crippen LogP contribution in [0.4, 0.5) is 0 Å². The number of nitrogens with zero attached hydrogens (tertiary/aromatic N) is 2. The van der Waals surface area contributed by atoms with E-state index in [0.717, 1.165) is 15.9 Å². The first kappa shape index (κ1) is 8.20. The fraction of sp³-hybridized carbons (Fsp3) is 0.429. The molecular formula is C7H11N3S. The highest BCUT2D eigenvalue weighted by Crippen LogP contribution is 2.04. The molecule has 0 radical (unpaired) electrons. The van der Waals surface area contributed by atoms with Crippen molar-refractivity contribution in [3.05, 3.63) is 15.9 Å². The molecule has 0 saturated heterocycles. The summed E-state index contributed by atoms with van der Waals surface area (Å²) in [6.07, 6.45) is 1.77. The molecule has 0 aliphatic heterocycles. The SMILES string of the molecule is CN=Cc1c(C)[nH]n(C)c1=S. The van der Waals surface area contributed by atoms with Crippen LogP contribution in [0.25, 0.3) is 0 Å². The minimum absolute atomic E-state index is 0.799. The van der Waals surface area contributed by atoms with E-state index in [1.807, 2.05) is 18.7 Å².